The summed E-state index contributed by atoms with van der Waals surface area (Å²) >= 11 is 0. The van der Waals surface area contributed by atoms with E-state index in [1.54, 1.807) is 18.3 Å². The highest BCUT2D eigenvalue weighted by molar-refractivity contribution is 5.87. The first kappa shape index (κ1) is 12.1. The molecular formula is C12H13N3O3. The highest BCUT2D eigenvalue weighted by Gasteiger charge is 2.08. The summed E-state index contributed by atoms with van der Waals surface area (Å²) < 4.78 is 1.36. The molecule has 6 heteroatoms. The van der Waals surface area contributed by atoms with E-state index in [-0.39, 0.29) is 11.1 Å². The van der Waals surface area contributed by atoms with E-state index in [2.05, 4.69) is 5.10 Å². The first-order valence-electron chi connectivity index (χ1n) is 5.46. The lowest BCUT2D eigenvalue weighted by atomic mass is 10.2. The van der Waals surface area contributed by atoms with Crippen molar-refractivity contribution < 1.29 is 9.90 Å². The van der Waals surface area contributed by atoms with Gasteiger partial charge in [-0.25, -0.2) is 9.48 Å². The number of carbonyl (C=O) groups is 1. The number of nitrogens with zero attached hydrogens (tertiary/aromatic N) is 1. The van der Waals surface area contributed by atoms with Gasteiger partial charge in [0.25, 0.3) is 5.56 Å². The average molecular weight is 247 g/mol. The smallest absolute Gasteiger partial charge is 0.335 e. The van der Waals surface area contributed by atoms with Gasteiger partial charge < -0.3 is 10.8 Å². The molecule has 0 bridgehead atoms. The Morgan fingerprint density at radius 2 is 2.00 bits per heavy atom. The van der Waals surface area contributed by atoms with Gasteiger partial charge in [-0.15, -0.1) is 0 Å². The molecule has 0 aliphatic carbocycles. The van der Waals surface area contributed by atoms with Gasteiger partial charge in [-0.1, -0.05) is 0 Å². The highest BCUT2D eigenvalue weighted by Crippen LogP contribution is 2.07. The summed E-state index contributed by atoms with van der Waals surface area (Å²) in [4.78, 5) is 22.7. The van der Waals surface area contributed by atoms with E-state index in [0.717, 1.165) is 0 Å². The summed E-state index contributed by atoms with van der Waals surface area (Å²) in [7, 11) is 0. The van der Waals surface area contributed by atoms with Crippen LogP contribution in [0, 0.1) is 0 Å². The molecule has 4 N–H and O–H groups in total. The molecule has 2 aromatic rings. The third-order valence-electron chi connectivity index (χ3n) is 2.63. The van der Waals surface area contributed by atoms with Crippen LogP contribution < -0.4 is 11.3 Å². The molecule has 0 saturated heterocycles. The SMILES string of the molecule is NCCc1c[nH]n(-c2ccc(C(=O)O)cc2)c1=O. The number of nitrogens with two attached hydrogens (primary N) is 1. The van der Waals surface area contributed by atoms with Crippen LogP contribution in [0.4, 0.5) is 0 Å². The van der Waals surface area contributed by atoms with Crippen molar-refractivity contribution in [2.75, 3.05) is 6.54 Å². The van der Waals surface area contributed by atoms with Crippen molar-refractivity contribution >= 4 is 5.97 Å². The predicted molar refractivity (Wildman–Crippen MR) is 66.1 cm³/mol. The molecule has 18 heavy (non-hydrogen) atoms. The number of carboxylic acid groups (broad SMARTS) is 1. The number of hydrogen-bond donors (Lipinski definition) is 3. The van der Waals surface area contributed by atoms with Crippen molar-refractivity contribution in [2.45, 2.75) is 6.42 Å². The zero-order valence-corrected chi connectivity index (χ0v) is 9.59. The number of carboxylic acids is 1. The molecule has 0 amide bonds. The van der Waals surface area contributed by atoms with E-state index in [1.807, 2.05) is 0 Å². The molecule has 6 nitrogen and oxygen atoms in total. The second kappa shape index (κ2) is 4.89. The summed E-state index contributed by atoms with van der Waals surface area (Å²) in [6, 6.07) is 6.06. The monoisotopic (exact) mass is 247 g/mol. The molecule has 0 saturated carbocycles. The molecule has 0 aliphatic heterocycles. The fourth-order valence-corrected chi connectivity index (χ4v) is 1.69. The van der Waals surface area contributed by atoms with E-state index in [4.69, 9.17) is 10.8 Å². The maximum Gasteiger partial charge on any atom is 0.335 e. The second-order valence-electron chi connectivity index (χ2n) is 3.83. The van der Waals surface area contributed by atoms with Crippen LogP contribution in [0.3, 0.4) is 0 Å². The first-order chi connectivity index (χ1) is 8.63. The van der Waals surface area contributed by atoms with Gasteiger partial charge in [-0.05, 0) is 37.2 Å². The van der Waals surface area contributed by atoms with Crippen LogP contribution in [0.1, 0.15) is 15.9 Å². The Balaban J connectivity index is 2.37. The van der Waals surface area contributed by atoms with E-state index in [1.165, 1.54) is 16.8 Å². The lowest BCUT2D eigenvalue weighted by Gasteiger charge is -2.01. The largest absolute Gasteiger partial charge is 0.478 e. The minimum Gasteiger partial charge on any atom is -0.478 e. The van der Waals surface area contributed by atoms with Crippen LogP contribution in [0.5, 0.6) is 0 Å². The predicted octanol–water partition coefficient (Wildman–Crippen LogP) is 0.365. The second-order valence-corrected chi connectivity index (χ2v) is 3.83. The Labute approximate surface area is 103 Å². The van der Waals surface area contributed by atoms with Crippen LogP contribution in [0.2, 0.25) is 0 Å². The third kappa shape index (κ3) is 2.18. The number of nitrogens with one attached hydrogen (secondary N) is 1. The topological polar surface area (TPSA) is 101 Å². The van der Waals surface area contributed by atoms with Gasteiger partial charge >= 0.3 is 5.97 Å². The van der Waals surface area contributed by atoms with Gasteiger partial charge in [0, 0.05) is 11.8 Å². The van der Waals surface area contributed by atoms with Crippen molar-refractivity contribution in [3.63, 3.8) is 0 Å². The summed E-state index contributed by atoms with van der Waals surface area (Å²) in [6.07, 6.45) is 2.12. The van der Waals surface area contributed by atoms with Gasteiger partial charge in [0.1, 0.15) is 0 Å². The number of aromatic carboxylic acids is 1. The van der Waals surface area contributed by atoms with Gasteiger partial charge in [0.2, 0.25) is 0 Å². The van der Waals surface area contributed by atoms with Crippen molar-refractivity contribution in [2.24, 2.45) is 5.73 Å². The van der Waals surface area contributed by atoms with Gasteiger partial charge in [0.05, 0.1) is 11.3 Å². The lowest BCUT2D eigenvalue weighted by Crippen LogP contribution is -2.19. The van der Waals surface area contributed by atoms with Crippen LogP contribution in [0.15, 0.2) is 35.3 Å². The Hall–Kier alpha value is -2.34. The molecule has 0 aliphatic rings. The molecule has 0 fully saturated rings. The molecule has 0 radical (unpaired) electrons. The quantitative estimate of drug-likeness (QED) is 0.726. The fourth-order valence-electron chi connectivity index (χ4n) is 1.69. The normalized spacial score (nSPS) is 10.5. The summed E-state index contributed by atoms with van der Waals surface area (Å²) in [5.74, 6) is -0.996. The zero-order chi connectivity index (χ0) is 13.1. The van der Waals surface area contributed by atoms with Crippen molar-refractivity contribution in [3.8, 4) is 5.69 Å². The molecular weight excluding hydrogens is 234 g/mol. The zero-order valence-electron chi connectivity index (χ0n) is 9.59. The minimum absolute atomic E-state index is 0.163. The molecule has 2 rings (SSSR count). The van der Waals surface area contributed by atoms with Crippen molar-refractivity contribution in [3.05, 3.63) is 51.9 Å². The van der Waals surface area contributed by atoms with Crippen LogP contribution in [-0.2, 0) is 6.42 Å². The molecule has 1 heterocycles. The summed E-state index contributed by atoms with van der Waals surface area (Å²) in [5.41, 5.74) is 6.62. The minimum atomic E-state index is -0.996. The number of hydrogen-bond acceptors (Lipinski definition) is 3. The van der Waals surface area contributed by atoms with E-state index < -0.39 is 5.97 Å². The molecule has 0 spiro atoms. The first-order valence-corrected chi connectivity index (χ1v) is 5.46. The fraction of sp³-hybridized carbons (Fsp3) is 0.167. The number of H-pyrrole nitrogens is 1. The summed E-state index contributed by atoms with van der Waals surface area (Å²) in [6.45, 7) is 0.408. The maximum atomic E-state index is 11.9. The number of aromatic nitrogens is 2. The standard InChI is InChI=1S/C12H13N3O3/c13-6-5-9-7-14-15(11(9)16)10-3-1-8(2-4-10)12(17)18/h1-4,7,14H,5-6,13H2,(H,17,18). The average Bonchev–Trinajstić information content (AvgIpc) is 2.72. The number of rotatable bonds is 4. The van der Waals surface area contributed by atoms with E-state index in [0.29, 0.717) is 24.2 Å². The molecule has 94 valence electrons. The Bertz CT molecular complexity index is 610. The van der Waals surface area contributed by atoms with Gasteiger partial charge in [0.15, 0.2) is 0 Å². The lowest BCUT2D eigenvalue weighted by molar-refractivity contribution is 0.0697. The van der Waals surface area contributed by atoms with E-state index in [9.17, 15) is 9.59 Å². The Morgan fingerprint density at radius 3 is 2.56 bits per heavy atom. The third-order valence-corrected chi connectivity index (χ3v) is 2.63. The van der Waals surface area contributed by atoms with E-state index >= 15 is 0 Å². The van der Waals surface area contributed by atoms with Crippen LogP contribution >= 0.6 is 0 Å². The van der Waals surface area contributed by atoms with Crippen molar-refractivity contribution in [1.82, 2.24) is 9.78 Å². The van der Waals surface area contributed by atoms with Gasteiger partial charge in [-0.3, -0.25) is 9.89 Å². The number of aromatic amines is 1. The van der Waals surface area contributed by atoms with Crippen LogP contribution in [-0.4, -0.2) is 27.4 Å². The molecule has 0 unspecified atom stereocenters. The van der Waals surface area contributed by atoms with Crippen molar-refractivity contribution in [1.29, 1.82) is 0 Å². The van der Waals surface area contributed by atoms with Gasteiger partial charge in [-0.2, -0.15) is 0 Å². The Morgan fingerprint density at radius 1 is 1.33 bits per heavy atom. The molecule has 1 aromatic heterocycles. The van der Waals surface area contributed by atoms with Crippen LogP contribution in [0.25, 0.3) is 5.69 Å². The molecule has 0 atom stereocenters. The summed E-state index contributed by atoms with van der Waals surface area (Å²) in [5, 5.41) is 11.6. The number of benzene rings is 1. The molecule has 1 aromatic carbocycles. The Kier molecular flexibility index (Phi) is 3.29. The highest BCUT2D eigenvalue weighted by atomic mass is 16.4. The maximum absolute atomic E-state index is 11.9.